The summed E-state index contributed by atoms with van der Waals surface area (Å²) in [7, 11) is 0. The van der Waals surface area contributed by atoms with Crippen molar-refractivity contribution in [1.29, 1.82) is 0 Å². The van der Waals surface area contributed by atoms with Crippen molar-refractivity contribution in [2.75, 3.05) is 0 Å². The number of fused-ring (bicyclic) bond motifs is 8. The molecule has 0 spiro atoms. The standard InChI is InChI=1S/C21H13N5S/c27-12-22-20-11-19-9-17-4-3-15(24-17)7-13-1-2-14(23-13)8-16-5-6-18(25-16)10-21(20)26-19/h1-11,24,26H. The third-order valence-corrected chi connectivity index (χ3v) is 4.40. The molecule has 0 amide bonds. The Balaban J connectivity index is 1.87. The summed E-state index contributed by atoms with van der Waals surface area (Å²) < 4.78 is 0. The molecular formula is C21H13N5S. The third kappa shape index (κ3) is 3.15. The average molecular weight is 367 g/mol. The molecule has 2 aliphatic rings. The van der Waals surface area contributed by atoms with Crippen molar-refractivity contribution >= 4 is 69.4 Å². The van der Waals surface area contributed by atoms with Gasteiger partial charge in [0.1, 0.15) is 0 Å². The number of aliphatic imine (C=N–C) groups is 1. The van der Waals surface area contributed by atoms with Crippen LogP contribution in [0.1, 0.15) is 22.8 Å². The van der Waals surface area contributed by atoms with Gasteiger partial charge in [0.05, 0.1) is 39.1 Å². The topological polar surface area (TPSA) is 69.7 Å². The van der Waals surface area contributed by atoms with Crippen molar-refractivity contribution in [2.45, 2.75) is 0 Å². The number of nitrogens with one attached hydrogen (secondary N) is 2. The SMILES string of the molecule is S=C=Nc1cc2cc3ccc(cc4nc(cc5nc(cc1[nH]2)C=C5)C=C4)[nH]3. The van der Waals surface area contributed by atoms with Crippen molar-refractivity contribution in [1.82, 2.24) is 19.9 Å². The monoisotopic (exact) mass is 367 g/mol. The number of H-pyrrole nitrogens is 2. The van der Waals surface area contributed by atoms with E-state index in [0.29, 0.717) is 0 Å². The van der Waals surface area contributed by atoms with Crippen LogP contribution >= 0.6 is 12.2 Å². The van der Waals surface area contributed by atoms with E-state index in [4.69, 9.17) is 12.2 Å². The van der Waals surface area contributed by atoms with Crippen LogP contribution < -0.4 is 0 Å². The predicted octanol–water partition coefficient (Wildman–Crippen LogP) is 5.39. The van der Waals surface area contributed by atoms with Gasteiger partial charge in [-0.3, -0.25) is 0 Å². The Kier molecular flexibility index (Phi) is 3.64. The van der Waals surface area contributed by atoms with E-state index in [9.17, 15) is 0 Å². The van der Waals surface area contributed by atoms with Crippen LogP contribution in [0, 0.1) is 0 Å². The normalized spacial score (nSPS) is 12.1. The maximum atomic E-state index is 4.78. The maximum Gasteiger partial charge on any atom is 0.0995 e. The number of aromatic amines is 2. The molecule has 5 nitrogen and oxygen atoms in total. The number of aromatic nitrogens is 4. The summed E-state index contributed by atoms with van der Waals surface area (Å²) >= 11 is 4.78. The number of isothiocyanates is 1. The molecule has 0 saturated carbocycles. The summed E-state index contributed by atoms with van der Waals surface area (Å²) in [6, 6.07) is 13.9. The van der Waals surface area contributed by atoms with Crippen LogP contribution in [0.4, 0.5) is 5.69 Å². The van der Waals surface area contributed by atoms with Gasteiger partial charge in [0.25, 0.3) is 0 Å². The number of nitrogens with zero attached hydrogens (tertiary/aromatic N) is 3. The molecule has 3 aromatic rings. The first-order valence-electron chi connectivity index (χ1n) is 8.41. The molecule has 2 aliphatic heterocycles. The van der Waals surface area contributed by atoms with Crippen molar-refractivity contribution < 1.29 is 0 Å². The third-order valence-electron chi connectivity index (χ3n) is 4.31. The fraction of sp³-hybridized carbons (Fsp3) is 0. The molecule has 0 unspecified atom stereocenters. The Hall–Kier alpha value is -3.60. The molecule has 0 aromatic carbocycles. The molecule has 0 radical (unpaired) electrons. The Morgan fingerprint density at radius 3 is 2.04 bits per heavy atom. The summed E-state index contributed by atoms with van der Waals surface area (Å²) in [6.45, 7) is 0. The van der Waals surface area contributed by atoms with Crippen molar-refractivity contribution in [3.05, 3.63) is 65.2 Å². The fourth-order valence-electron chi connectivity index (χ4n) is 3.14. The van der Waals surface area contributed by atoms with E-state index in [2.05, 4.69) is 30.1 Å². The lowest BCUT2D eigenvalue weighted by Crippen LogP contribution is -1.77. The fourth-order valence-corrected chi connectivity index (χ4v) is 3.24. The Bertz CT molecular complexity index is 1330. The second-order valence-electron chi connectivity index (χ2n) is 6.26. The van der Waals surface area contributed by atoms with E-state index in [1.807, 2.05) is 66.8 Å². The van der Waals surface area contributed by atoms with E-state index in [0.717, 1.165) is 50.5 Å². The molecule has 0 fully saturated rings. The van der Waals surface area contributed by atoms with Gasteiger partial charge in [-0.1, -0.05) is 0 Å². The molecule has 2 N–H and O–H groups in total. The molecule has 8 bridgehead atoms. The summed E-state index contributed by atoms with van der Waals surface area (Å²) in [4.78, 5) is 20.2. The van der Waals surface area contributed by atoms with E-state index >= 15 is 0 Å². The highest BCUT2D eigenvalue weighted by molar-refractivity contribution is 7.78. The van der Waals surface area contributed by atoms with E-state index in [1.165, 1.54) is 0 Å². The number of hydrogen-bond acceptors (Lipinski definition) is 4. The Morgan fingerprint density at radius 2 is 1.33 bits per heavy atom. The largest absolute Gasteiger partial charge is 0.355 e. The molecule has 0 aliphatic carbocycles. The molecule has 0 saturated heterocycles. The van der Waals surface area contributed by atoms with Crippen molar-refractivity contribution in [2.24, 2.45) is 4.99 Å². The van der Waals surface area contributed by atoms with Crippen LogP contribution in [0.3, 0.4) is 0 Å². The first-order valence-corrected chi connectivity index (χ1v) is 8.82. The van der Waals surface area contributed by atoms with Gasteiger partial charge in [0.15, 0.2) is 0 Å². The zero-order chi connectivity index (χ0) is 18.2. The van der Waals surface area contributed by atoms with Crippen LogP contribution in [0.5, 0.6) is 0 Å². The number of hydrogen-bond donors (Lipinski definition) is 2. The summed E-state index contributed by atoms with van der Waals surface area (Å²) in [6.07, 6.45) is 7.92. The highest BCUT2D eigenvalue weighted by Crippen LogP contribution is 2.24. The first kappa shape index (κ1) is 15.6. The lowest BCUT2D eigenvalue weighted by molar-refractivity contribution is 1.28. The van der Waals surface area contributed by atoms with Crippen LogP contribution in [-0.4, -0.2) is 25.1 Å². The van der Waals surface area contributed by atoms with E-state index in [1.54, 1.807) is 0 Å². The molecule has 5 heterocycles. The van der Waals surface area contributed by atoms with Crippen LogP contribution in [0.25, 0.3) is 46.4 Å². The highest BCUT2D eigenvalue weighted by Gasteiger charge is 2.04. The molecule has 27 heavy (non-hydrogen) atoms. The lowest BCUT2D eigenvalue weighted by atomic mass is 10.3. The second kappa shape index (κ2) is 6.29. The Labute approximate surface area is 159 Å². The minimum atomic E-state index is 0.731. The quantitative estimate of drug-likeness (QED) is 0.308. The van der Waals surface area contributed by atoms with Gasteiger partial charge in [-0.25, -0.2) is 9.97 Å². The first-order chi connectivity index (χ1) is 13.2. The van der Waals surface area contributed by atoms with Crippen molar-refractivity contribution in [3.63, 3.8) is 0 Å². The second-order valence-corrected chi connectivity index (χ2v) is 6.45. The lowest BCUT2D eigenvalue weighted by Gasteiger charge is -1.87. The van der Waals surface area contributed by atoms with Gasteiger partial charge < -0.3 is 9.97 Å². The number of rotatable bonds is 1. The van der Waals surface area contributed by atoms with Gasteiger partial charge >= 0.3 is 0 Å². The molecular weight excluding hydrogens is 354 g/mol. The Morgan fingerprint density at radius 1 is 0.704 bits per heavy atom. The van der Waals surface area contributed by atoms with Crippen LogP contribution in [-0.2, 0) is 0 Å². The highest BCUT2D eigenvalue weighted by atomic mass is 32.1. The van der Waals surface area contributed by atoms with Crippen LogP contribution in [0.15, 0.2) is 47.5 Å². The maximum absolute atomic E-state index is 4.78. The zero-order valence-electron chi connectivity index (χ0n) is 14.1. The van der Waals surface area contributed by atoms with Gasteiger partial charge in [-0.05, 0) is 79.0 Å². The summed E-state index contributed by atoms with van der Waals surface area (Å²) in [5.74, 6) is 0. The van der Waals surface area contributed by atoms with Crippen molar-refractivity contribution in [3.8, 4) is 0 Å². The molecule has 3 aromatic heterocycles. The smallest absolute Gasteiger partial charge is 0.0995 e. The van der Waals surface area contributed by atoms with Gasteiger partial charge in [0, 0.05) is 16.6 Å². The predicted molar refractivity (Wildman–Crippen MR) is 114 cm³/mol. The van der Waals surface area contributed by atoms with Gasteiger partial charge in [-0.15, -0.1) is 0 Å². The number of thiocarbonyl (C=S) groups is 1. The van der Waals surface area contributed by atoms with Gasteiger partial charge in [-0.2, -0.15) is 4.99 Å². The van der Waals surface area contributed by atoms with Gasteiger partial charge in [0.2, 0.25) is 0 Å². The zero-order valence-corrected chi connectivity index (χ0v) is 14.9. The van der Waals surface area contributed by atoms with E-state index in [-0.39, 0.29) is 0 Å². The van der Waals surface area contributed by atoms with Crippen LogP contribution in [0.2, 0.25) is 0 Å². The molecule has 0 atom stereocenters. The average Bonchev–Trinajstić information content (AvgIpc) is 3.41. The summed E-state index contributed by atoms with van der Waals surface area (Å²) in [5.41, 5.74) is 7.92. The molecule has 128 valence electrons. The molecule has 6 heteroatoms. The minimum Gasteiger partial charge on any atom is -0.355 e. The minimum absolute atomic E-state index is 0.731. The summed E-state index contributed by atoms with van der Waals surface area (Å²) in [5, 5.41) is 2.44. The molecule has 5 rings (SSSR count). The van der Waals surface area contributed by atoms with E-state index < -0.39 is 0 Å².